The van der Waals surface area contributed by atoms with Crippen LogP contribution in [0.4, 0.5) is 0 Å². The summed E-state index contributed by atoms with van der Waals surface area (Å²) in [6.07, 6.45) is 0.956. The molecular formula is C10H9BrO2. The molecular weight excluding hydrogens is 232 g/mol. The number of alkyl halides is 1. The van der Waals surface area contributed by atoms with Crippen LogP contribution in [0.25, 0.3) is 0 Å². The van der Waals surface area contributed by atoms with E-state index in [0.29, 0.717) is 5.33 Å². The molecule has 0 N–H and O–H groups in total. The van der Waals surface area contributed by atoms with Crippen LogP contribution in [0.5, 0.6) is 5.75 Å². The first-order valence-corrected chi connectivity index (χ1v) is 5.28. The Morgan fingerprint density at radius 3 is 3.15 bits per heavy atom. The quantitative estimate of drug-likeness (QED) is 0.586. The lowest BCUT2D eigenvalue weighted by Crippen LogP contribution is -1.99. The molecule has 2 nitrogen and oxygen atoms in total. The Hall–Kier alpha value is -0.830. The van der Waals surface area contributed by atoms with E-state index in [4.69, 9.17) is 4.74 Å². The SMILES string of the molecule is O=C(CBr)c1ccc2c(c1)OCC2. The molecule has 0 saturated heterocycles. The van der Waals surface area contributed by atoms with Gasteiger partial charge in [0.25, 0.3) is 0 Å². The van der Waals surface area contributed by atoms with Gasteiger partial charge in [0.15, 0.2) is 5.78 Å². The molecule has 0 aromatic heterocycles. The number of rotatable bonds is 2. The summed E-state index contributed by atoms with van der Waals surface area (Å²) >= 11 is 3.14. The second-order valence-electron chi connectivity index (χ2n) is 2.98. The predicted octanol–water partition coefficient (Wildman–Crippen LogP) is 2.20. The second kappa shape index (κ2) is 3.50. The Balaban J connectivity index is 2.36. The molecule has 0 radical (unpaired) electrons. The van der Waals surface area contributed by atoms with Crippen LogP contribution in [0.2, 0.25) is 0 Å². The first-order valence-electron chi connectivity index (χ1n) is 4.16. The fourth-order valence-electron chi connectivity index (χ4n) is 1.42. The van der Waals surface area contributed by atoms with Gasteiger partial charge in [0.05, 0.1) is 11.9 Å². The van der Waals surface area contributed by atoms with Crippen LogP contribution in [0.1, 0.15) is 15.9 Å². The molecule has 1 aromatic rings. The van der Waals surface area contributed by atoms with Gasteiger partial charge in [-0.3, -0.25) is 4.79 Å². The highest BCUT2D eigenvalue weighted by Gasteiger charge is 2.14. The van der Waals surface area contributed by atoms with E-state index in [-0.39, 0.29) is 5.78 Å². The molecule has 0 fully saturated rings. The molecule has 1 aromatic carbocycles. The zero-order chi connectivity index (χ0) is 9.26. The first-order chi connectivity index (χ1) is 6.31. The van der Waals surface area contributed by atoms with Gasteiger partial charge < -0.3 is 4.74 Å². The Bertz CT molecular complexity index is 347. The van der Waals surface area contributed by atoms with Gasteiger partial charge in [-0.1, -0.05) is 28.1 Å². The maximum Gasteiger partial charge on any atom is 0.173 e. The minimum absolute atomic E-state index is 0.0956. The fourth-order valence-corrected chi connectivity index (χ4v) is 1.74. The van der Waals surface area contributed by atoms with Crippen molar-refractivity contribution in [2.75, 3.05) is 11.9 Å². The molecule has 0 aliphatic carbocycles. The second-order valence-corrected chi connectivity index (χ2v) is 3.54. The Kier molecular flexibility index (Phi) is 2.36. The molecule has 68 valence electrons. The minimum atomic E-state index is 0.0956. The average molecular weight is 241 g/mol. The lowest BCUT2D eigenvalue weighted by molar-refractivity contribution is 0.102. The van der Waals surface area contributed by atoms with Gasteiger partial charge in [-0.25, -0.2) is 0 Å². The van der Waals surface area contributed by atoms with Gasteiger partial charge in [0.2, 0.25) is 0 Å². The van der Waals surface area contributed by atoms with Crippen LogP contribution in [0.3, 0.4) is 0 Å². The van der Waals surface area contributed by atoms with E-state index in [0.717, 1.165) is 24.3 Å². The maximum atomic E-state index is 11.3. The Morgan fingerprint density at radius 2 is 2.38 bits per heavy atom. The first kappa shape index (κ1) is 8.75. The zero-order valence-corrected chi connectivity index (χ0v) is 8.63. The molecule has 0 atom stereocenters. The molecule has 0 bridgehead atoms. The number of benzene rings is 1. The maximum absolute atomic E-state index is 11.3. The summed E-state index contributed by atoms with van der Waals surface area (Å²) in [4.78, 5) is 11.3. The molecule has 0 unspecified atom stereocenters. The molecule has 1 heterocycles. The third-order valence-corrected chi connectivity index (χ3v) is 2.65. The van der Waals surface area contributed by atoms with Gasteiger partial charge in [-0.2, -0.15) is 0 Å². The molecule has 1 aliphatic rings. The van der Waals surface area contributed by atoms with Crippen molar-refractivity contribution < 1.29 is 9.53 Å². The number of hydrogen-bond donors (Lipinski definition) is 0. The molecule has 1 aliphatic heterocycles. The summed E-state index contributed by atoms with van der Waals surface area (Å²) in [6.45, 7) is 0.737. The van der Waals surface area contributed by atoms with Crippen LogP contribution >= 0.6 is 15.9 Å². The van der Waals surface area contributed by atoms with Crippen LogP contribution in [-0.2, 0) is 6.42 Å². The van der Waals surface area contributed by atoms with Crippen molar-refractivity contribution in [1.82, 2.24) is 0 Å². The van der Waals surface area contributed by atoms with Gasteiger partial charge >= 0.3 is 0 Å². The number of hydrogen-bond acceptors (Lipinski definition) is 2. The smallest absolute Gasteiger partial charge is 0.173 e. The van der Waals surface area contributed by atoms with Crippen LogP contribution in [-0.4, -0.2) is 17.7 Å². The number of ether oxygens (including phenoxy) is 1. The van der Waals surface area contributed by atoms with E-state index in [1.54, 1.807) is 0 Å². The molecule has 0 spiro atoms. The number of Topliss-reactive ketones (excluding diaryl/α,β-unsaturated/α-hetero) is 1. The van der Waals surface area contributed by atoms with Crippen molar-refractivity contribution >= 4 is 21.7 Å². The Labute approximate surface area is 85.0 Å². The van der Waals surface area contributed by atoms with E-state index >= 15 is 0 Å². The zero-order valence-electron chi connectivity index (χ0n) is 7.05. The van der Waals surface area contributed by atoms with Crippen molar-refractivity contribution in [3.8, 4) is 5.75 Å². The normalized spacial score (nSPS) is 13.6. The molecule has 0 saturated carbocycles. The highest BCUT2D eigenvalue weighted by atomic mass is 79.9. The molecule has 3 heteroatoms. The number of halogens is 1. The van der Waals surface area contributed by atoms with Crippen molar-refractivity contribution in [1.29, 1.82) is 0 Å². The van der Waals surface area contributed by atoms with Crippen molar-refractivity contribution in [2.45, 2.75) is 6.42 Å². The third kappa shape index (κ3) is 1.61. The van der Waals surface area contributed by atoms with Crippen molar-refractivity contribution in [3.63, 3.8) is 0 Å². The summed E-state index contributed by atoms with van der Waals surface area (Å²) in [5.74, 6) is 0.963. The van der Waals surface area contributed by atoms with Gasteiger partial charge in [0.1, 0.15) is 5.75 Å². The van der Waals surface area contributed by atoms with Gasteiger partial charge in [0, 0.05) is 12.0 Å². The van der Waals surface area contributed by atoms with Crippen LogP contribution in [0, 0.1) is 0 Å². The topological polar surface area (TPSA) is 26.3 Å². The average Bonchev–Trinajstić information content (AvgIpc) is 2.63. The van der Waals surface area contributed by atoms with Gasteiger partial charge in [-0.05, 0) is 11.6 Å². The van der Waals surface area contributed by atoms with Crippen molar-refractivity contribution in [2.24, 2.45) is 0 Å². The Morgan fingerprint density at radius 1 is 1.54 bits per heavy atom. The summed E-state index contributed by atoms with van der Waals surface area (Å²) in [7, 11) is 0. The lowest BCUT2D eigenvalue weighted by Gasteiger charge is -2.01. The van der Waals surface area contributed by atoms with E-state index in [1.807, 2.05) is 18.2 Å². The van der Waals surface area contributed by atoms with E-state index in [9.17, 15) is 4.79 Å². The minimum Gasteiger partial charge on any atom is -0.493 e. The third-order valence-electron chi connectivity index (χ3n) is 2.14. The fraction of sp³-hybridized carbons (Fsp3) is 0.300. The number of fused-ring (bicyclic) bond motifs is 1. The standard InChI is InChI=1S/C10H9BrO2/c11-6-9(12)8-2-1-7-3-4-13-10(7)5-8/h1-2,5H,3-4,6H2. The largest absolute Gasteiger partial charge is 0.493 e. The van der Waals surface area contributed by atoms with Crippen LogP contribution in [0.15, 0.2) is 18.2 Å². The van der Waals surface area contributed by atoms with Crippen molar-refractivity contribution in [3.05, 3.63) is 29.3 Å². The lowest BCUT2D eigenvalue weighted by atomic mass is 10.1. The number of carbonyl (C=O) groups is 1. The van der Waals surface area contributed by atoms with E-state index < -0.39 is 0 Å². The predicted molar refractivity (Wildman–Crippen MR) is 53.8 cm³/mol. The highest BCUT2D eigenvalue weighted by Crippen LogP contribution is 2.26. The van der Waals surface area contributed by atoms with E-state index in [2.05, 4.69) is 15.9 Å². The van der Waals surface area contributed by atoms with E-state index in [1.165, 1.54) is 5.56 Å². The van der Waals surface area contributed by atoms with Gasteiger partial charge in [-0.15, -0.1) is 0 Å². The summed E-state index contributed by atoms with van der Waals surface area (Å²) in [6, 6.07) is 5.65. The summed E-state index contributed by atoms with van der Waals surface area (Å²) < 4.78 is 5.37. The molecule has 13 heavy (non-hydrogen) atoms. The molecule has 2 rings (SSSR count). The number of carbonyl (C=O) groups excluding carboxylic acids is 1. The number of ketones is 1. The summed E-state index contributed by atoms with van der Waals surface area (Å²) in [5.41, 5.74) is 1.92. The highest BCUT2D eigenvalue weighted by molar-refractivity contribution is 9.09. The molecule has 0 amide bonds. The van der Waals surface area contributed by atoms with Crippen LogP contribution < -0.4 is 4.74 Å². The monoisotopic (exact) mass is 240 g/mol. The summed E-state index contributed by atoms with van der Waals surface area (Å²) in [5, 5.41) is 0.367.